The van der Waals surface area contributed by atoms with Crippen LogP contribution in [0, 0.1) is 0 Å². The van der Waals surface area contributed by atoms with E-state index in [0.29, 0.717) is 12.8 Å². The van der Waals surface area contributed by atoms with Crippen molar-refractivity contribution in [1.82, 2.24) is 11.5 Å². The molecule has 0 saturated heterocycles. The van der Waals surface area contributed by atoms with Crippen molar-refractivity contribution in [3.63, 3.8) is 0 Å². The van der Waals surface area contributed by atoms with Gasteiger partial charge in [0.15, 0.2) is 0 Å². The SMILES string of the molecule is CCCC(=O)NC.CCCC(N)=O.CN.N. The van der Waals surface area contributed by atoms with Gasteiger partial charge in [0.05, 0.1) is 0 Å². The van der Waals surface area contributed by atoms with Crippen LogP contribution in [-0.2, 0) is 9.59 Å². The number of carbonyl (C=O) groups is 2. The molecule has 0 spiro atoms. The molecule has 0 fully saturated rings. The van der Waals surface area contributed by atoms with E-state index >= 15 is 0 Å². The minimum Gasteiger partial charge on any atom is -0.370 e. The predicted molar refractivity (Wildman–Crippen MR) is 68.2 cm³/mol. The molecule has 16 heavy (non-hydrogen) atoms. The highest BCUT2D eigenvalue weighted by atomic mass is 16.1. The van der Waals surface area contributed by atoms with Gasteiger partial charge in [-0.05, 0) is 19.9 Å². The molecule has 6 heteroatoms. The number of hydrogen-bond acceptors (Lipinski definition) is 4. The van der Waals surface area contributed by atoms with Crippen molar-refractivity contribution in [2.24, 2.45) is 11.5 Å². The first kappa shape index (κ1) is 24.2. The Bertz CT molecular complexity index is 152. The molecule has 0 aromatic heterocycles. The van der Waals surface area contributed by atoms with E-state index in [1.165, 1.54) is 7.05 Å². The third kappa shape index (κ3) is 38.4. The average Bonchev–Trinajstić information content (AvgIpc) is 2.22. The number of hydrogen-bond donors (Lipinski definition) is 4. The normalized spacial score (nSPS) is 7.06. The maximum absolute atomic E-state index is 10.3. The number of nitrogens with one attached hydrogen (secondary N) is 1. The first-order chi connectivity index (χ1) is 7.08. The monoisotopic (exact) mass is 236 g/mol. The molecule has 8 N–H and O–H groups in total. The summed E-state index contributed by atoms with van der Waals surface area (Å²) in [6.07, 6.45) is 2.95. The summed E-state index contributed by atoms with van der Waals surface area (Å²) in [6, 6.07) is 0. The lowest BCUT2D eigenvalue weighted by Gasteiger charge is -1.91. The second kappa shape index (κ2) is 23.6. The largest absolute Gasteiger partial charge is 0.370 e. The Hall–Kier alpha value is -1.14. The number of rotatable bonds is 4. The molecule has 0 radical (unpaired) electrons. The summed E-state index contributed by atoms with van der Waals surface area (Å²) >= 11 is 0. The zero-order chi connectivity index (χ0) is 12.7. The van der Waals surface area contributed by atoms with Crippen molar-refractivity contribution in [3.8, 4) is 0 Å². The highest BCUT2D eigenvalue weighted by molar-refractivity contribution is 5.75. The molecular formula is C10H28N4O2. The third-order valence-corrected chi connectivity index (χ3v) is 1.25. The summed E-state index contributed by atoms with van der Waals surface area (Å²) in [5, 5.41) is 2.53. The molecule has 0 atom stereocenters. The van der Waals surface area contributed by atoms with Gasteiger partial charge >= 0.3 is 0 Å². The Morgan fingerprint density at radius 3 is 1.50 bits per heavy atom. The molecule has 0 aliphatic heterocycles. The molecular weight excluding hydrogens is 208 g/mol. The van der Waals surface area contributed by atoms with Gasteiger partial charge in [0.1, 0.15) is 0 Å². The fraction of sp³-hybridized carbons (Fsp3) is 0.800. The Balaban J connectivity index is -0.0000000743. The van der Waals surface area contributed by atoms with Crippen molar-refractivity contribution in [1.29, 1.82) is 0 Å². The summed E-state index contributed by atoms with van der Waals surface area (Å²) in [7, 11) is 3.15. The number of nitrogens with two attached hydrogens (primary N) is 2. The number of amides is 2. The van der Waals surface area contributed by atoms with Gasteiger partial charge in [0.25, 0.3) is 0 Å². The fourth-order valence-corrected chi connectivity index (χ4v) is 0.598. The van der Waals surface area contributed by atoms with Crippen LogP contribution in [0.15, 0.2) is 0 Å². The summed E-state index contributed by atoms with van der Waals surface area (Å²) in [5.74, 6) is -0.0833. The molecule has 0 aliphatic rings. The van der Waals surface area contributed by atoms with Crippen LogP contribution >= 0.6 is 0 Å². The van der Waals surface area contributed by atoms with Gasteiger partial charge in [-0.1, -0.05) is 13.8 Å². The van der Waals surface area contributed by atoms with Gasteiger partial charge < -0.3 is 22.9 Å². The lowest BCUT2D eigenvalue weighted by Crippen LogP contribution is -2.16. The summed E-state index contributed by atoms with van der Waals surface area (Å²) in [5.41, 5.74) is 9.26. The third-order valence-electron chi connectivity index (χ3n) is 1.25. The molecule has 0 aliphatic carbocycles. The molecule has 0 heterocycles. The molecule has 6 nitrogen and oxygen atoms in total. The minimum atomic E-state index is -0.211. The Morgan fingerprint density at radius 1 is 1.06 bits per heavy atom. The van der Waals surface area contributed by atoms with Crippen molar-refractivity contribution in [2.45, 2.75) is 39.5 Å². The topological polar surface area (TPSA) is 133 Å². The van der Waals surface area contributed by atoms with E-state index in [1.807, 2.05) is 13.8 Å². The fourth-order valence-electron chi connectivity index (χ4n) is 0.598. The van der Waals surface area contributed by atoms with Crippen LogP contribution < -0.4 is 22.9 Å². The Labute approximate surface area is 98.7 Å². The van der Waals surface area contributed by atoms with Crippen molar-refractivity contribution >= 4 is 11.8 Å². The second-order valence-corrected chi connectivity index (χ2v) is 2.64. The van der Waals surface area contributed by atoms with E-state index in [4.69, 9.17) is 5.73 Å². The van der Waals surface area contributed by atoms with Crippen LogP contribution in [0.3, 0.4) is 0 Å². The molecule has 0 aromatic carbocycles. The molecule has 0 saturated carbocycles. The van der Waals surface area contributed by atoms with Crippen molar-refractivity contribution < 1.29 is 9.59 Å². The van der Waals surface area contributed by atoms with E-state index < -0.39 is 0 Å². The first-order valence-corrected chi connectivity index (χ1v) is 5.15. The quantitative estimate of drug-likeness (QED) is 0.566. The molecule has 0 bridgehead atoms. The van der Waals surface area contributed by atoms with Crippen LogP contribution in [0.25, 0.3) is 0 Å². The van der Waals surface area contributed by atoms with Crippen LogP contribution in [0.2, 0.25) is 0 Å². The van der Waals surface area contributed by atoms with Crippen LogP contribution in [-0.4, -0.2) is 25.9 Å². The van der Waals surface area contributed by atoms with E-state index in [-0.39, 0.29) is 18.0 Å². The molecule has 0 rings (SSSR count). The van der Waals surface area contributed by atoms with Crippen molar-refractivity contribution in [2.75, 3.05) is 14.1 Å². The number of primary amides is 1. The summed E-state index contributed by atoms with van der Waals surface area (Å²) in [6.45, 7) is 3.90. The second-order valence-electron chi connectivity index (χ2n) is 2.64. The van der Waals surface area contributed by atoms with Crippen LogP contribution in [0.5, 0.6) is 0 Å². The Morgan fingerprint density at radius 2 is 1.44 bits per heavy atom. The van der Waals surface area contributed by atoms with Gasteiger partial charge in [0, 0.05) is 19.9 Å². The lowest BCUT2D eigenvalue weighted by atomic mass is 10.3. The van der Waals surface area contributed by atoms with Crippen molar-refractivity contribution in [3.05, 3.63) is 0 Å². The maximum atomic E-state index is 10.3. The minimum absolute atomic E-state index is 0. The van der Waals surface area contributed by atoms with Gasteiger partial charge in [-0.2, -0.15) is 0 Å². The molecule has 0 aromatic rings. The van der Waals surface area contributed by atoms with Gasteiger partial charge in [-0.25, -0.2) is 0 Å². The van der Waals surface area contributed by atoms with Gasteiger partial charge in [-0.3, -0.25) is 9.59 Å². The van der Waals surface area contributed by atoms with Gasteiger partial charge in [0.2, 0.25) is 11.8 Å². The lowest BCUT2D eigenvalue weighted by molar-refractivity contribution is -0.120. The van der Waals surface area contributed by atoms with E-state index in [9.17, 15) is 9.59 Å². The zero-order valence-electron chi connectivity index (χ0n) is 11.0. The average molecular weight is 236 g/mol. The Kier molecular flexibility index (Phi) is 35.7. The summed E-state index contributed by atoms with van der Waals surface area (Å²) < 4.78 is 0. The summed E-state index contributed by atoms with van der Waals surface area (Å²) in [4.78, 5) is 20.1. The molecule has 100 valence electrons. The van der Waals surface area contributed by atoms with Crippen LogP contribution in [0.1, 0.15) is 39.5 Å². The first-order valence-electron chi connectivity index (χ1n) is 5.15. The van der Waals surface area contributed by atoms with Gasteiger partial charge in [-0.15, -0.1) is 0 Å². The maximum Gasteiger partial charge on any atom is 0.219 e. The molecule has 2 amide bonds. The van der Waals surface area contributed by atoms with E-state index in [2.05, 4.69) is 11.1 Å². The smallest absolute Gasteiger partial charge is 0.219 e. The van der Waals surface area contributed by atoms with Crippen LogP contribution in [0.4, 0.5) is 0 Å². The predicted octanol–water partition coefficient (Wildman–Crippen LogP) is 0.541. The molecule has 0 unspecified atom stereocenters. The standard InChI is InChI=1S/C5H11NO.C4H9NO.CH5N.H3N/c1-3-4-5(7)6-2;1-2-3-4(5)6;1-2;/h3-4H2,1-2H3,(H,6,7);2-3H2,1H3,(H2,5,6);2H2,1H3;1H3. The number of carbonyl (C=O) groups excluding carboxylic acids is 2. The van der Waals surface area contributed by atoms with E-state index in [1.54, 1.807) is 7.05 Å². The highest BCUT2D eigenvalue weighted by Gasteiger charge is 1.89. The highest BCUT2D eigenvalue weighted by Crippen LogP contribution is 1.82. The zero-order valence-corrected chi connectivity index (χ0v) is 11.0. The van der Waals surface area contributed by atoms with E-state index in [0.717, 1.165) is 12.8 Å².